The predicted molar refractivity (Wildman–Crippen MR) is 101 cm³/mol. The minimum atomic E-state index is -4.48. The first-order valence-corrected chi connectivity index (χ1v) is 9.45. The highest BCUT2D eigenvalue weighted by atomic mass is 79.9. The van der Waals surface area contributed by atoms with Crippen molar-refractivity contribution in [3.63, 3.8) is 0 Å². The standard InChI is InChI=1S/C16H12BrN5O3S/c17-10-5-7-11(8-6-10)19-20-14-9-15(26(23,24)25)12-3-1-2-4-13(12)16(14)21-22-18/h1-9H,(H2,18,21)(H,23,24,25)/b20-19+. The third-order valence-corrected chi connectivity index (χ3v) is 4.92. The number of azo groups is 1. The molecule has 0 aliphatic heterocycles. The van der Waals surface area contributed by atoms with Gasteiger partial charge in [0.1, 0.15) is 16.3 Å². The first kappa shape index (κ1) is 18.1. The van der Waals surface area contributed by atoms with Gasteiger partial charge in [-0.15, -0.1) is 10.2 Å². The molecule has 0 bridgehead atoms. The van der Waals surface area contributed by atoms with Gasteiger partial charge in [0.2, 0.25) is 0 Å². The van der Waals surface area contributed by atoms with Crippen LogP contribution in [0.3, 0.4) is 0 Å². The number of nitrogens with zero attached hydrogens (tertiary/aromatic N) is 4. The van der Waals surface area contributed by atoms with Gasteiger partial charge in [0.05, 0.1) is 5.69 Å². The number of halogens is 1. The highest BCUT2D eigenvalue weighted by molar-refractivity contribution is 9.10. The molecule has 0 aliphatic carbocycles. The average molecular weight is 434 g/mol. The minimum absolute atomic E-state index is 0.105. The van der Waals surface area contributed by atoms with Crippen LogP contribution in [0.4, 0.5) is 17.1 Å². The van der Waals surface area contributed by atoms with Crippen LogP contribution in [-0.2, 0) is 10.1 Å². The van der Waals surface area contributed by atoms with Gasteiger partial charge in [-0.1, -0.05) is 45.4 Å². The van der Waals surface area contributed by atoms with Crippen molar-refractivity contribution in [2.75, 3.05) is 0 Å². The Balaban J connectivity index is 2.26. The van der Waals surface area contributed by atoms with E-state index in [1.165, 1.54) is 6.07 Å². The van der Waals surface area contributed by atoms with E-state index in [1.54, 1.807) is 48.5 Å². The van der Waals surface area contributed by atoms with E-state index < -0.39 is 10.1 Å². The topological polar surface area (TPSA) is 130 Å². The van der Waals surface area contributed by atoms with E-state index in [1.807, 2.05) is 0 Å². The Labute approximate surface area is 157 Å². The zero-order valence-corrected chi connectivity index (χ0v) is 15.5. The zero-order valence-electron chi connectivity index (χ0n) is 13.1. The first-order valence-electron chi connectivity index (χ1n) is 7.21. The van der Waals surface area contributed by atoms with Crippen molar-refractivity contribution < 1.29 is 13.0 Å². The summed E-state index contributed by atoms with van der Waals surface area (Å²) in [6, 6.07) is 14.7. The van der Waals surface area contributed by atoms with Gasteiger partial charge >= 0.3 is 0 Å². The number of hydrogen-bond donors (Lipinski definition) is 2. The summed E-state index contributed by atoms with van der Waals surface area (Å²) in [6.45, 7) is 0. The van der Waals surface area contributed by atoms with Crippen LogP contribution in [-0.4, -0.2) is 13.0 Å². The fourth-order valence-electron chi connectivity index (χ4n) is 2.38. The number of fused-ring (bicyclic) bond motifs is 1. The van der Waals surface area contributed by atoms with Crippen LogP contribution >= 0.6 is 15.9 Å². The van der Waals surface area contributed by atoms with Gasteiger partial charge in [0.15, 0.2) is 0 Å². The minimum Gasteiger partial charge on any atom is -0.305 e. The van der Waals surface area contributed by atoms with E-state index in [0.29, 0.717) is 11.1 Å². The molecule has 0 unspecified atom stereocenters. The third kappa shape index (κ3) is 3.77. The van der Waals surface area contributed by atoms with E-state index in [0.717, 1.165) is 4.47 Å². The highest BCUT2D eigenvalue weighted by Gasteiger charge is 2.19. The van der Waals surface area contributed by atoms with Crippen LogP contribution in [0.15, 0.2) is 84.5 Å². The molecular weight excluding hydrogens is 422 g/mol. The number of rotatable bonds is 4. The van der Waals surface area contributed by atoms with Gasteiger partial charge < -0.3 is 5.84 Å². The van der Waals surface area contributed by atoms with Crippen molar-refractivity contribution in [1.82, 2.24) is 0 Å². The Morgan fingerprint density at radius 2 is 1.58 bits per heavy atom. The molecule has 26 heavy (non-hydrogen) atoms. The largest absolute Gasteiger partial charge is 0.305 e. The second-order valence-electron chi connectivity index (χ2n) is 5.15. The molecule has 3 aromatic carbocycles. The summed E-state index contributed by atoms with van der Waals surface area (Å²) < 4.78 is 34.0. The second kappa shape index (κ2) is 7.28. The fourth-order valence-corrected chi connectivity index (χ4v) is 3.37. The van der Waals surface area contributed by atoms with Gasteiger partial charge in [-0.3, -0.25) is 4.55 Å². The van der Waals surface area contributed by atoms with E-state index in [2.05, 4.69) is 36.5 Å². The monoisotopic (exact) mass is 433 g/mol. The molecule has 0 aliphatic rings. The Hall–Kier alpha value is -2.69. The molecule has 0 spiro atoms. The van der Waals surface area contributed by atoms with Crippen LogP contribution in [0.5, 0.6) is 0 Å². The molecule has 3 aromatic rings. The lowest BCUT2D eigenvalue weighted by Gasteiger charge is -2.08. The molecule has 3 rings (SSSR count). The predicted octanol–water partition coefficient (Wildman–Crippen LogP) is 5.22. The molecule has 0 aromatic heterocycles. The molecule has 0 radical (unpaired) electrons. The van der Waals surface area contributed by atoms with E-state index in [9.17, 15) is 13.0 Å². The smallest absolute Gasteiger partial charge is 0.295 e. The van der Waals surface area contributed by atoms with E-state index in [-0.39, 0.29) is 21.7 Å². The summed E-state index contributed by atoms with van der Waals surface area (Å²) in [6.07, 6.45) is 0. The van der Waals surface area contributed by atoms with Crippen LogP contribution in [0.2, 0.25) is 0 Å². The van der Waals surface area contributed by atoms with Gasteiger partial charge in [0.25, 0.3) is 10.1 Å². The van der Waals surface area contributed by atoms with Gasteiger partial charge in [0, 0.05) is 15.2 Å². The molecular formula is C16H12BrN5O3S. The molecule has 10 heteroatoms. The maximum atomic E-state index is 11.8. The van der Waals surface area contributed by atoms with Crippen LogP contribution in [0.25, 0.3) is 10.8 Å². The third-order valence-electron chi connectivity index (χ3n) is 3.49. The molecule has 0 fully saturated rings. The number of hydrogen-bond acceptors (Lipinski definition) is 6. The maximum Gasteiger partial charge on any atom is 0.295 e. The van der Waals surface area contributed by atoms with Gasteiger partial charge in [-0.2, -0.15) is 13.5 Å². The van der Waals surface area contributed by atoms with Crippen molar-refractivity contribution in [2.45, 2.75) is 4.90 Å². The molecule has 8 nitrogen and oxygen atoms in total. The fraction of sp³-hybridized carbons (Fsp3) is 0. The Morgan fingerprint density at radius 1 is 0.923 bits per heavy atom. The number of benzene rings is 3. The number of nitrogens with two attached hydrogens (primary N) is 1. The molecule has 132 valence electrons. The molecule has 0 atom stereocenters. The zero-order chi connectivity index (χ0) is 18.7. The molecule has 0 saturated heterocycles. The molecule has 0 saturated carbocycles. The van der Waals surface area contributed by atoms with Crippen LogP contribution < -0.4 is 5.84 Å². The average Bonchev–Trinajstić information content (AvgIpc) is 2.61. The SMILES string of the molecule is NN=Nc1c(/N=N/c2ccc(Br)cc2)cc(S(=O)(=O)O)c2ccccc12. The Kier molecular flexibility index (Phi) is 5.07. The van der Waals surface area contributed by atoms with E-state index >= 15 is 0 Å². The molecule has 0 amide bonds. The summed E-state index contributed by atoms with van der Waals surface area (Å²) >= 11 is 3.32. The summed E-state index contributed by atoms with van der Waals surface area (Å²) in [7, 11) is -4.48. The summed E-state index contributed by atoms with van der Waals surface area (Å²) in [4.78, 5) is -0.297. The van der Waals surface area contributed by atoms with Crippen molar-refractivity contribution in [2.24, 2.45) is 26.4 Å². The lowest BCUT2D eigenvalue weighted by molar-refractivity contribution is 0.484. The quantitative estimate of drug-likeness (QED) is 0.252. The summed E-state index contributed by atoms with van der Waals surface area (Å²) in [5.41, 5.74) is 0.898. The summed E-state index contributed by atoms with van der Waals surface area (Å²) in [5, 5.41) is 16.0. The van der Waals surface area contributed by atoms with Crippen molar-refractivity contribution in [3.05, 3.63) is 59.1 Å². The highest BCUT2D eigenvalue weighted by Crippen LogP contribution is 2.40. The first-order chi connectivity index (χ1) is 12.4. The van der Waals surface area contributed by atoms with Crippen LogP contribution in [0, 0.1) is 0 Å². The Bertz CT molecular complexity index is 1130. The molecule has 0 heterocycles. The van der Waals surface area contributed by atoms with Gasteiger partial charge in [-0.05, 0) is 30.3 Å². The normalized spacial score (nSPS) is 12.4. The summed E-state index contributed by atoms with van der Waals surface area (Å²) in [5.74, 6) is 5.18. The van der Waals surface area contributed by atoms with Crippen LogP contribution in [0.1, 0.15) is 0 Å². The second-order valence-corrected chi connectivity index (χ2v) is 7.46. The van der Waals surface area contributed by atoms with Gasteiger partial charge in [-0.25, -0.2) is 0 Å². The Morgan fingerprint density at radius 3 is 2.19 bits per heavy atom. The van der Waals surface area contributed by atoms with Crippen molar-refractivity contribution in [3.8, 4) is 0 Å². The lowest BCUT2D eigenvalue weighted by atomic mass is 10.1. The van der Waals surface area contributed by atoms with Crippen molar-refractivity contribution >= 4 is 53.9 Å². The molecule has 3 N–H and O–H groups in total. The lowest BCUT2D eigenvalue weighted by Crippen LogP contribution is -1.99. The maximum absolute atomic E-state index is 11.8. The van der Waals surface area contributed by atoms with E-state index in [4.69, 9.17) is 5.84 Å². The van der Waals surface area contributed by atoms with Crippen molar-refractivity contribution in [1.29, 1.82) is 0 Å².